The summed E-state index contributed by atoms with van der Waals surface area (Å²) in [4.78, 5) is 3.70. The van der Waals surface area contributed by atoms with Crippen LogP contribution in [0.3, 0.4) is 0 Å². The van der Waals surface area contributed by atoms with Crippen LogP contribution in [0.2, 0.25) is 0 Å². The first-order valence-electron chi connectivity index (χ1n) is 9.69. The van der Waals surface area contributed by atoms with Crippen molar-refractivity contribution in [1.29, 1.82) is 0 Å². The fourth-order valence-electron chi connectivity index (χ4n) is 4.16. The third kappa shape index (κ3) is 3.64. The maximum Gasteiger partial charge on any atom is 0.0476 e. The zero-order valence-electron chi connectivity index (χ0n) is 15.1. The zero-order valence-corrected chi connectivity index (χ0v) is 15.1. The lowest BCUT2D eigenvalue weighted by Gasteiger charge is -2.24. The Hall–Kier alpha value is -2.06. The van der Waals surface area contributed by atoms with E-state index in [2.05, 4.69) is 65.8 Å². The summed E-state index contributed by atoms with van der Waals surface area (Å²) in [5.41, 5.74) is 7.09. The Balaban J connectivity index is 1.36. The van der Waals surface area contributed by atoms with E-state index in [4.69, 9.17) is 0 Å². The van der Waals surface area contributed by atoms with E-state index in [1.165, 1.54) is 66.2 Å². The Morgan fingerprint density at radius 1 is 1.08 bits per heavy atom. The minimum Gasteiger partial charge on any atom is -0.357 e. The number of aryl methyl sites for hydroxylation is 3. The van der Waals surface area contributed by atoms with E-state index in [-0.39, 0.29) is 0 Å². The maximum absolute atomic E-state index is 3.81. The van der Waals surface area contributed by atoms with Crippen LogP contribution in [0, 0.1) is 6.92 Å². The van der Waals surface area contributed by atoms with E-state index in [9.17, 15) is 0 Å². The van der Waals surface area contributed by atoms with E-state index < -0.39 is 0 Å². The fourth-order valence-corrected chi connectivity index (χ4v) is 4.16. The van der Waals surface area contributed by atoms with E-state index in [0.717, 1.165) is 6.54 Å². The van der Waals surface area contributed by atoms with E-state index in [1.54, 1.807) is 5.56 Å². The van der Waals surface area contributed by atoms with Crippen molar-refractivity contribution in [2.75, 3.05) is 6.54 Å². The van der Waals surface area contributed by atoms with Gasteiger partial charge >= 0.3 is 0 Å². The Morgan fingerprint density at radius 2 is 1.96 bits per heavy atom. The average molecular weight is 332 g/mol. The molecule has 2 N–H and O–H groups in total. The van der Waals surface area contributed by atoms with E-state index >= 15 is 0 Å². The number of nitrogens with one attached hydrogen (secondary N) is 2. The van der Waals surface area contributed by atoms with Crippen LogP contribution in [0.25, 0.3) is 10.9 Å². The first-order valence-corrected chi connectivity index (χ1v) is 9.69. The van der Waals surface area contributed by atoms with Crippen molar-refractivity contribution in [3.05, 3.63) is 70.9 Å². The molecule has 0 bridgehead atoms. The molecule has 3 aromatic rings. The fraction of sp³-hybridized carbons (Fsp3) is 0.391. The van der Waals surface area contributed by atoms with Gasteiger partial charge in [-0.25, -0.2) is 0 Å². The van der Waals surface area contributed by atoms with Crippen LogP contribution in [0.15, 0.2) is 48.5 Å². The molecular formula is C23H28N2. The van der Waals surface area contributed by atoms with Gasteiger partial charge in [0.1, 0.15) is 0 Å². The van der Waals surface area contributed by atoms with Gasteiger partial charge in [-0.3, -0.25) is 0 Å². The molecular weight excluding hydrogens is 304 g/mol. The summed E-state index contributed by atoms with van der Waals surface area (Å²) in [6, 6.07) is 18.1. The predicted octanol–water partition coefficient (Wildman–Crippen LogP) is 5.47. The van der Waals surface area contributed by atoms with Crippen molar-refractivity contribution in [2.24, 2.45) is 0 Å². The second kappa shape index (κ2) is 7.45. The zero-order chi connectivity index (χ0) is 17.1. The second-order valence-electron chi connectivity index (χ2n) is 7.41. The lowest BCUT2D eigenvalue weighted by atomic mass is 9.91. The minimum absolute atomic E-state index is 0.494. The molecule has 4 rings (SSSR count). The summed E-state index contributed by atoms with van der Waals surface area (Å²) in [7, 11) is 0. The number of fused-ring (bicyclic) bond motifs is 3. The molecule has 1 aromatic heterocycles. The van der Waals surface area contributed by atoms with Gasteiger partial charge in [-0.2, -0.15) is 0 Å². The van der Waals surface area contributed by atoms with Gasteiger partial charge < -0.3 is 10.3 Å². The first-order chi connectivity index (χ1) is 12.3. The second-order valence-corrected chi connectivity index (χ2v) is 7.41. The van der Waals surface area contributed by atoms with Crippen molar-refractivity contribution in [1.82, 2.24) is 10.3 Å². The van der Waals surface area contributed by atoms with Crippen LogP contribution < -0.4 is 5.32 Å². The SMILES string of the molecule is Cc1ccc2[nH]c3c(c2c1)CCCC3NCCCCc1ccccc1. The highest BCUT2D eigenvalue weighted by Gasteiger charge is 2.23. The number of H-pyrrole nitrogens is 1. The smallest absolute Gasteiger partial charge is 0.0476 e. The van der Waals surface area contributed by atoms with Crippen LogP contribution in [-0.2, 0) is 12.8 Å². The van der Waals surface area contributed by atoms with Crippen LogP contribution in [0.5, 0.6) is 0 Å². The number of hydrogen-bond acceptors (Lipinski definition) is 1. The highest BCUT2D eigenvalue weighted by molar-refractivity contribution is 5.85. The molecule has 1 unspecified atom stereocenters. The van der Waals surface area contributed by atoms with Gasteiger partial charge in [-0.1, -0.05) is 42.0 Å². The van der Waals surface area contributed by atoms with Crippen molar-refractivity contribution >= 4 is 10.9 Å². The van der Waals surface area contributed by atoms with Crippen LogP contribution in [-0.4, -0.2) is 11.5 Å². The monoisotopic (exact) mass is 332 g/mol. The highest BCUT2D eigenvalue weighted by atomic mass is 14.9. The van der Waals surface area contributed by atoms with Gasteiger partial charge in [0, 0.05) is 22.6 Å². The lowest BCUT2D eigenvalue weighted by molar-refractivity contribution is 0.446. The molecule has 1 heterocycles. The number of benzene rings is 2. The van der Waals surface area contributed by atoms with Crippen molar-refractivity contribution in [3.8, 4) is 0 Å². The molecule has 0 saturated carbocycles. The summed E-state index contributed by atoms with van der Waals surface area (Å²) in [6.45, 7) is 3.29. The van der Waals surface area contributed by atoms with Gasteiger partial charge in [-0.15, -0.1) is 0 Å². The minimum atomic E-state index is 0.494. The summed E-state index contributed by atoms with van der Waals surface area (Å²) >= 11 is 0. The molecule has 0 aliphatic heterocycles. The van der Waals surface area contributed by atoms with Crippen molar-refractivity contribution in [3.63, 3.8) is 0 Å². The largest absolute Gasteiger partial charge is 0.357 e. The number of hydrogen-bond donors (Lipinski definition) is 2. The van der Waals surface area contributed by atoms with Gasteiger partial charge in [0.05, 0.1) is 0 Å². The lowest BCUT2D eigenvalue weighted by Crippen LogP contribution is -2.26. The number of aromatic amines is 1. The molecule has 1 aliphatic rings. The van der Waals surface area contributed by atoms with Crippen LogP contribution in [0.1, 0.15) is 54.1 Å². The molecule has 0 radical (unpaired) electrons. The molecule has 2 aromatic carbocycles. The number of aromatic nitrogens is 1. The molecule has 130 valence electrons. The molecule has 0 amide bonds. The van der Waals surface area contributed by atoms with Gasteiger partial charge in [0.15, 0.2) is 0 Å². The third-order valence-corrected chi connectivity index (χ3v) is 5.49. The van der Waals surface area contributed by atoms with Crippen LogP contribution >= 0.6 is 0 Å². The first kappa shape index (κ1) is 16.4. The topological polar surface area (TPSA) is 27.8 Å². The highest BCUT2D eigenvalue weighted by Crippen LogP contribution is 2.35. The average Bonchev–Trinajstić information content (AvgIpc) is 3.01. The van der Waals surface area contributed by atoms with Crippen molar-refractivity contribution in [2.45, 2.75) is 51.5 Å². The third-order valence-electron chi connectivity index (χ3n) is 5.49. The quantitative estimate of drug-likeness (QED) is 0.576. The molecule has 0 fully saturated rings. The molecule has 0 spiro atoms. The summed E-state index contributed by atoms with van der Waals surface area (Å²) < 4.78 is 0. The van der Waals surface area contributed by atoms with E-state index in [0.29, 0.717) is 6.04 Å². The Bertz CT molecular complexity index is 832. The Labute approximate surface area is 150 Å². The summed E-state index contributed by atoms with van der Waals surface area (Å²) in [5.74, 6) is 0. The number of unbranched alkanes of at least 4 members (excludes halogenated alkanes) is 1. The van der Waals surface area contributed by atoms with Gasteiger partial charge in [-0.05, 0) is 75.3 Å². The summed E-state index contributed by atoms with van der Waals surface area (Å²) in [6.07, 6.45) is 7.42. The molecule has 0 saturated heterocycles. The number of rotatable bonds is 6. The van der Waals surface area contributed by atoms with E-state index in [1.807, 2.05) is 0 Å². The predicted molar refractivity (Wildman–Crippen MR) is 106 cm³/mol. The molecule has 1 aliphatic carbocycles. The standard InChI is InChI=1S/C23H28N2/c1-17-13-14-21-20(16-17)19-11-7-12-22(23(19)25-21)24-15-6-5-10-18-8-3-2-4-9-18/h2-4,8-9,13-14,16,22,24-25H,5-7,10-12,15H2,1H3. The summed E-state index contributed by atoms with van der Waals surface area (Å²) in [5, 5.41) is 5.24. The molecule has 1 atom stereocenters. The normalized spacial score (nSPS) is 16.9. The molecule has 2 heteroatoms. The molecule has 25 heavy (non-hydrogen) atoms. The van der Waals surface area contributed by atoms with Crippen LogP contribution in [0.4, 0.5) is 0 Å². The maximum atomic E-state index is 3.81. The Morgan fingerprint density at radius 3 is 2.84 bits per heavy atom. The van der Waals surface area contributed by atoms with Gasteiger partial charge in [0.25, 0.3) is 0 Å². The Kier molecular flexibility index (Phi) is 4.89. The van der Waals surface area contributed by atoms with Crippen molar-refractivity contribution < 1.29 is 0 Å². The molecule has 2 nitrogen and oxygen atoms in total. The van der Waals surface area contributed by atoms with Gasteiger partial charge in [0.2, 0.25) is 0 Å².